The molecule has 1 saturated heterocycles. The van der Waals surface area contributed by atoms with Gasteiger partial charge in [0, 0.05) is 38.6 Å². The highest BCUT2D eigenvalue weighted by atomic mass is 16.5. The Bertz CT molecular complexity index is 725. The minimum atomic E-state index is -0.446. The van der Waals surface area contributed by atoms with Crippen LogP contribution in [0.4, 0.5) is 0 Å². The highest BCUT2D eigenvalue weighted by molar-refractivity contribution is 5.28. The van der Waals surface area contributed by atoms with E-state index in [2.05, 4.69) is 38.5 Å². The van der Waals surface area contributed by atoms with Gasteiger partial charge in [-0.05, 0) is 57.6 Å². The molecular formula is C23H36N4O2. The van der Waals surface area contributed by atoms with Crippen molar-refractivity contribution in [1.29, 1.82) is 0 Å². The van der Waals surface area contributed by atoms with Crippen LogP contribution >= 0.6 is 0 Å². The molecule has 0 bridgehead atoms. The van der Waals surface area contributed by atoms with E-state index >= 15 is 0 Å². The number of likely N-dealkylation sites (tertiary alicyclic amines) is 1. The van der Waals surface area contributed by atoms with Crippen molar-refractivity contribution in [1.82, 2.24) is 19.4 Å². The number of rotatable bonds is 10. The predicted octanol–water partition coefficient (Wildman–Crippen LogP) is 2.94. The third-order valence-corrected chi connectivity index (χ3v) is 5.61. The Labute approximate surface area is 175 Å². The normalized spacial score (nSPS) is 16.7. The molecule has 0 radical (unpaired) electrons. The van der Waals surface area contributed by atoms with E-state index in [4.69, 9.17) is 4.74 Å². The Morgan fingerprint density at radius 2 is 2.00 bits per heavy atom. The first kappa shape index (κ1) is 21.8. The lowest BCUT2D eigenvalue weighted by molar-refractivity contribution is 0.0693. The summed E-state index contributed by atoms with van der Waals surface area (Å²) < 4.78 is 8.06. The molecule has 2 heterocycles. The zero-order valence-electron chi connectivity index (χ0n) is 18.0. The van der Waals surface area contributed by atoms with Crippen molar-refractivity contribution in [3.05, 3.63) is 48.0 Å². The number of benzene rings is 1. The molecule has 0 amide bonds. The zero-order valence-corrected chi connectivity index (χ0v) is 18.0. The van der Waals surface area contributed by atoms with Gasteiger partial charge in [-0.25, -0.2) is 4.98 Å². The van der Waals surface area contributed by atoms with Crippen molar-refractivity contribution in [2.75, 3.05) is 39.8 Å². The summed E-state index contributed by atoms with van der Waals surface area (Å²) in [6.07, 6.45) is 8.52. The van der Waals surface area contributed by atoms with Crippen molar-refractivity contribution in [3.63, 3.8) is 0 Å². The lowest BCUT2D eigenvalue weighted by atomic mass is 10.2. The average Bonchev–Trinajstić information content (AvgIpc) is 2.95. The molecule has 3 rings (SSSR count). The smallest absolute Gasteiger partial charge is 0.119 e. The molecule has 1 aliphatic rings. The Morgan fingerprint density at radius 1 is 1.21 bits per heavy atom. The molecule has 29 heavy (non-hydrogen) atoms. The molecule has 6 nitrogen and oxygen atoms in total. The third-order valence-electron chi connectivity index (χ3n) is 5.61. The van der Waals surface area contributed by atoms with E-state index in [1.807, 2.05) is 31.5 Å². The molecule has 160 valence electrons. The minimum absolute atomic E-state index is 0.343. The summed E-state index contributed by atoms with van der Waals surface area (Å²) in [5, 5.41) is 10.4. The second kappa shape index (κ2) is 11.3. The average molecular weight is 401 g/mol. The maximum Gasteiger partial charge on any atom is 0.119 e. The molecule has 0 spiro atoms. The summed E-state index contributed by atoms with van der Waals surface area (Å²) in [7, 11) is 2.13. The fourth-order valence-electron chi connectivity index (χ4n) is 3.90. The second-order valence-corrected chi connectivity index (χ2v) is 8.23. The van der Waals surface area contributed by atoms with Crippen LogP contribution in [-0.4, -0.2) is 70.4 Å². The van der Waals surface area contributed by atoms with Gasteiger partial charge in [0.05, 0.1) is 0 Å². The molecule has 1 aliphatic heterocycles. The van der Waals surface area contributed by atoms with Crippen LogP contribution in [0.3, 0.4) is 0 Å². The van der Waals surface area contributed by atoms with Gasteiger partial charge < -0.3 is 24.2 Å². The SMILES string of the molecule is Cc1nccn1CCN(C)Cc1cccc(OC[C@@H](O)CN2CCCCCC2)c1. The number of aliphatic hydroxyl groups excluding tert-OH is 1. The van der Waals surface area contributed by atoms with Gasteiger partial charge in [-0.1, -0.05) is 25.0 Å². The van der Waals surface area contributed by atoms with Gasteiger partial charge in [-0.3, -0.25) is 0 Å². The van der Waals surface area contributed by atoms with Gasteiger partial charge in [-0.2, -0.15) is 0 Å². The standard InChI is InChI=1S/C23H36N4O2/c1-20-24-10-13-27(20)15-14-25(2)17-21-8-7-9-23(16-21)29-19-22(28)18-26-11-5-3-4-6-12-26/h7-10,13,16,22,28H,3-6,11-12,14-15,17-19H2,1-2H3/t22-/m0/s1. The summed E-state index contributed by atoms with van der Waals surface area (Å²) in [6, 6.07) is 8.20. The van der Waals surface area contributed by atoms with Crippen LogP contribution < -0.4 is 4.74 Å². The van der Waals surface area contributed by atoms with E-state index in [1.165, 1.54) is 31.2 Å². The molecular weight excluding hydrogens is 364 g/mol. The van der Waals surface area contributed by atoms with Crippen molar-refractivity contribution < 1.29 is 9.84 Å². The summed E-state index contributed by atoms with van der Waals surface area (Å²) in [6.45, 7) is 8.02. The second-order valence-electron chi connectivity index (χ2n) is 8.23. The van der Waals surface area contributed by atoms with Gasteiger partial charge in [0.25, 0.3) is 0 Å². The van der Waals surface area contributed by atoms with Gasteiger partial charge in [0.2, 0.25) is 0 Å². The maximum atomic E-state index is 10.4. The molecule has 0 saturated carbocycles. The van der Waals surface area contributed by atoms with Crippen LogP contribution in [0, 0.1) is 6.92 Å². The number of likely N-dealkylation sites (N-methyl/N-ethyl adjacent to an activating group) is 1. The Balaban J connectivity index is 1.41. The molecule has 1 atom stereocenters. The first-order valence-electron chi connectivity index (χ1n) is 10.9. The Kier molecular flexibility index (Phi) is 8.52. The molecule has 2 aromatic rings. The van der Waals surface area contributed by atoms with Crippen molar-refractivity contribution in [3.8, 4) is 5.75 Å². The van der Waals surface area contributed by atoms with Crippen LogP contribution in [0.1, 0.15) is 37.1 Å². The van der Waals surface area contributed by atoms with E-state index in [-0.39, 0.29) is 0 Å². The summed E-state index contributed by atoms with van der Waals surface area (Å²) >= 11 is 0. The highest BCUT2D eigenvalue weighted by Crippen LogP contribution is 2.16. The van der Waals surface area contributed by atoms with E-state index in [1.54, 1.807) is 0 Å². The number of aromatic nitrogens is 2. The number of ether oxygens (including phenoxy) is 1. The van der Waals surface area contributed by atoms with E-state index in [9.17, 15) is 5.11 Å². The number of aliphatic hydroxyl groups is 1. The molecule has 1 fully saturated rings. The van der Waals surface area contributed by atoms with Crippen molar-refractivity contribution in [2.24, 2.45) is 0 Å². The maximum absolute atomic E-state index is 10.4. The molecule has 1 N–H and O–H groups in total. The summed E-state index contributed by atoms with van der Waals surface area (Å²) in [5.74, 6) is 1.88. The minimum Gasteiger partial charge on any atom is -0.491 e. The van der Waals surface area contributed by atoms with Gasteiger partial charge >= 0.3 is 0 Å². The number of imidazole rings is 1. The third kappa shape index (κ3) is 7.46. The summed E-state index contributed by atoms with van der Waals surface area (Å²) in [5.41, 5.74) is 1.22. The number of β-amino-alcohol motifs (C(OH)–C–C–N with tert-alkyl or cyclic N) is 1. The zero-order chi connectivity index (χ0) is 20.5. The highest BCUT2D eigenvalue weighted by Gasteiger charge is 2.14. The van der Waals surface area contributed by atoms with E-state index in [0.717, 1.165) is 44.3 Å². The Morgan fingerprint density at radius 3 is 2.72 bits per heavy atom. The monoisotopic (exact) mass is 400 g/mol. The van der Waals surface area contributed by atoms with Crippen LogP contribution in [0.15, 0.2) is 36.7 Å². The fraction of sp³-hybridized carbons (Fsp3) is 0.609. The van der Waals surface area contributed by atoms with Crippen molar-refractivity contribution >= 4 is 0 Å². The lowest BCUT2D eigenvalue weighted by Crippen LogP contribution is -2.36. The van der Waals surface area contributed by atoms with Gasteiger partial charge in [0.15, 0.2) is 0 Å². The van der Waals surface area contributed by atoms with Crippen LogP contribution in [0.25, 0.3) is 0 Å². The van der Waals surface area contributed by atoms with Crippen LogP contribution in [0.2, 0.25) is 0 Å². The predicted molar refractivity (Wildman–Crippen MR) is 116 cm³/mol. The van der Waals surface area contributed by atoms with Crippen LogP contribution in [0.5, 0.6) is 5.75 Å². The number of nitrogens with zero attached hydrogens (tertiary/aromatic N) is 4. The molecule has 0 aliphatic carbocycles. The van der Waals surface area contributed by atoms with Gasteiger partial charge in [0.1, 0.15) is 24.3 Å². The van der Waals surface area contributed by atoms with Crippen LogP contribution in [-0.2, 0) is 13.1 Å². The fourth-order valence-corrected chi connectivity index (χ4v) is 3.90. The number of hydrogen-bond donors (Lipinski definition) is 1. The molecule has 0 unspecified atom stereocenters. The molecule has 1 aromatic heterocycles. The van der Waals surface area contributed by atoms with Crippen molar-refractivity contribution in [2.45, 2.75) is 51.8 Å². The lowest BCUT2D eigenvalue weighted by Gasteiger charge is -2.23. The van der Waals surface area contributed by atoms with Gasteiger partial charge in [-0.15, -0.1) is 0 Å². The van der Waals surface area contributed by atoms with E-state index < -0.39 is 6.10 Å². The first-order valence-corrected chi connectivity index (χ1v) is 10.9. The Hall–Kier alpha value is -1.89. The largest absolute Gasteiger partial charge is 0.491 e. The summed E-state index contributed by atoms with van der Waals surface area (Å²) in [4.78, 5) is 8.94. The molecule has 1 aromatic carbocycles. The quantitative estimate of drug-likeness (QED) is 0.665. The first-order chi connectivity index (χ1) is 14.1. The number of hydrogen-bond acceptors (Lipinski definition) is 5. The van der Waals surface area contributed by atoms with E-state index in [0.29, 0.717) is 13.2 Å². The number of aryl methyl sites for hydroxylation is 1. The topological polar surface area (TPSA) is 53.8 Å². The molecule has 6 heteroatoms.